The fourth-order valence-electron chi connectivity index (χ4n) is 1.69. The second kappa shape index (κ2) is 6.81. The number of halogens is 3. The van der Waals surface area contributed by atoms with Crippen molar-refractivity contribution in [3.05, 3.63) is 49.4 Å². The molecule has 0 saturated heterocycles. The summed E-state index contributed by atoms with van der Waals surface area (Å²) in [6.45, 7) is 1.93. The van der Waals surface area contributed by atoms with E-state index in [0.29, 0.717) is 26.5 Å². The lowest BCUT2D eigenvalue weighted by Crippen LogP contribution is -1.91. The third-order valence-electron chi connectivity index (χ3n) is 2.91. The maximum absolute atomic E-state index is 10.2. The van der Waals surface area contributed by atoms with Crippen LogP contribution in [0.1, 0.15) is 11.1 Å². The van der Waals surface area contributed by atoms with Gasteiger partial charge in [0.25, 0.3) is 0 Å². The molecule has 110 valence electrons. The van der Waals surface area contributed by atoms with Gasteiger partial charge in [0, 0.05) is 20.2 Å². The van der Waals surface area contributed by atoms with Crippen LogP contribution >= 0.6 is 43.5 Å². The molecule has 0 spiro atoms. The summed E-state index contributed by atoms with van der Waals surface area (Å²) in [5.74, 6) is 0.392. The van der Waals surface area contributed by atoms with Crippen LogP contribution < -0.4 is 4.74 Å². The van der Waals surface area contributed by atoms with Gasteiger partial charge in [0.2, 0.25) is 0 Å². The monoisotopic (exact) mass is 431 g/mol. The summed E-state index contributed by atoms with van der Waals surface area (Å²) >= 11 is 12.9. The van der Waals surface area contributed by atoms with Gasteiger partial charge in [-0.25, -0.2) is 0 Å². The second-order valence-corrected chi connectivity index (χ2v) is 6.38. The Bertz CT molecular complexity index is 717. The number of aliphatic imine (C=N–C) groups is 1. The Kier molecular flexibility index (Phi) is 5.30. The highest BCUT2D eigenvalue weighted by molar-refractivity contribution is 9.13. The summed E-state index contributed by atoms with van der Waals surface area (Å²) < 4.78 is 6.59. The minimum absolute atomic E-state index is 0.0227. The van der Waals surface area contributed by atoms with E-state index in [1.165, 1.54) is 7.11 Å². The molecule has 0 bridgehead atoms. The topological polar surface area (TPSA) is 41.8 Å². The number of benzene rings is 2. The van der Waals surface area contributed by atoms with Crippen molar-refractivity contribution in [1.29, 1.82) is 0 Å². The zero-order chi connectivity index (χ0) is 15.6. The van der Waals surface area contributed by atoms with E-state index in [1.807, 2.05) is 19.1 Å². The fraction of sp³-hybridized carbons (Fsp3) is 0.133. The van der Waals surface area contributed by atoms with Gasteiger partial charge in [-0.2, -0.15) is 0 Å². The fourth-order valence-corrected chi connectivity index (χ4v) is 2.69. The molecule has 2 rings (SSSR count). The lowest BCUT2D eigenvalue weighted by atomic mass is 10.2. The third kappa shape index (κ3) is 3.59. The molecule has 0 aliphatic carbocycles. The Balaban J connectivity index is 2.45. The zero-order valence-electron chi connectivity index (χ0n) is 11.3. The average molecular weight is 434 g/mol. The van der Waals surface area contributed by atoms with Crippen LogP contribution in [0.5, 0.6) is 11.5 Å². The molecule has 0 fully saturated rings. The molecule has 0 atom stereocenters. The first kappa shape index (κ1) is 16.3. The summed E-state index contributed by atoms with van der Waals surface area (Å²) in [4.78, 5) is 4.34. The number of rotatable bonds is 3. The quantitative estimate of drug-likeness (QED) is 0.637. The van der Waals surface area contributed by atoms with Gasteiger partial charge in [-0.15, -0.1) is 0 Å². The van der Waals surface area contributed by atoms with Crippen LogP contribution in [0, 0.1) is 6.92 Å². The van der Waals surface area contributed by atoms with Crippen molar-refractivity contribution in [3.8, 4) is 11.5 Å². The number of hydrogen-bond acceptors (Lipinski definition) is 3. The lowest BCUT2D eigenvalue weighted by Gasteiger charge is -2.09. The van der Waals surface area contributed by atoms with E-state index in [2.05, 4.69) is 36.9 Å². The van der Waals surface area contributed by atoms with Gasteiger partial charge < -0.3 is 9.84 Å². The smallest absolute Gasteiger partial charge is 0.167 e. The largest absolute Gasteiger partial charge is 0.504 e. The van der Waals surface area contributed by atoms with E-state index < -0.39 is 0 Å². The van der Waals surface area contributed by atoms with Gasteiger partial charge in [-0.05, 0) is 62.5 Å². The van der Waals surface area contributed by atoms with E-state index >= 15 is 0 Å². The van der Waals surface area contributed by atoms with Crippen molar-refractivity contribution in [2.75, 3.05) is 7.11 Å². The third-order valence-corrected chi connectivity index (χ3v) is 5.33. The molecule has 0 saturated carbocycles. The SMILES string of the molecule is COc1cc(Br)c(Br)c(C=Nc2ccc(C)c(Cl)c2)c1O. The number of ether oxygens (including phenoxy) is 1. The minimum atomic E-state index is 0.0227. The molecule has 1 N–H and O–H groups in total. The van der Waals surface area contributed by atoms with Crippen molar-refractivity contribution in [2.24, 2.45) is 4.99 Å². The van der Waals surface area contributed by atoms with E-state index in [4.69, 9.17) is 16.3 Å². The maximum Gasteiger partial charge on any atom is 0.167 e. The summed E-state index contributed by atoms with van der Waals surface area (Å²) in [5.41, 5.74) is 2.22. The summed E-state index contributed by atoms with van der Waals surface area (Å²) in [6.07, 6.45) is 1.56. The molecular formula is C15H12Br2ClNO2. The van der Waals surface area contributed by atoms with Gasteiger partial charge in [0.1, 0.15) is 0 Å². The first-order valence-electron chi connectivity index (χ1n) is 5.99. The first-order chi connectivity index (χ1) is 9.93. The highest BCUT2D eigenvalue weighted by Crippen LogP contribution is 2.39. The molecule has 0 radical (unpaired) electrons. The molecule has 0 heterocycles. The summed E-state index contributed by atoms with van der Waals surface area (Å²) in [6, 6.07) is 7.20. The number of phenols is 1. The van der Waals surface area contributed by atoms with Gasteiger partial charge in [0.15, 0.2) is 11.5 Å². The van der Waals surface area contributed by atoms with Gasteiger partial charge in [0.05, 0.1) is 18.4 Å². The lowest BCUT2D eigenvalue weighted by molar-refractivity contribution is 0.372. The maximum atomic E-state index is 10.2. The van der Waals surface area contributed by atoms with Crippen LogP contribution in [-0.2, 0) is 0 Å². The molecule has 0 unspecified atom stereocenters. The summed E-state index contributed by atoms with van der Waals surface area (Å²) in [5, 5.41) is 10.8. The van der Waals surface area contributed by atoms with Crippen LogP contribution in [0.15, 0.2) is 38.2 Å². The van der Waals surface area contributed by atoms with Crippen LogP contribution in [-0.4, -0.2) is 18.4 Å². The Morgan fingerprint density at radius 3 is 2.62 bits per heavy atom. The van der Waals surface area contributed by atoms with Crippen LogP contribution in [0.3, 0.4) is 0 Å². The molecule has 21 heavy (non-hydrogen) atoms. The van der Waals surface area contributed by atoms with Crippen molar-refractivity contribution < 1.29 is 9.84 Å². The Morgan fingerprint density at radius 1 is 1.29 bits per heavy atom. The number of hydrogen-bond donors (Lipinski definition) is 1. The highest BCUT2D eigenvalue weighted by Gasteiger charge is 2.14. The van der Waals surface area contributed by atoms with E-state index in [1.54, 1.807) is 18.3 Å². The summed E-state index contributed by atoms with van der Waals surface area (Å²) in [7, 11) is 1.50. The van der Waals surface area contributed by atoms with Crippen LogP contribution in [0.2, 0.25) is 5.02 Å². The molecule has 0 aliphatic rings. The van der Waals surface area contributed by atoms with E-state index in [-0.39, 0.29) is 5.75 Å². The first-order valence-corrected chi connectivity index (χ1v) is 7.95. The van der Waals surface area contributed by atoms with Crippen molar-refractivity contribution in [1.82, 2.24) is 0 Å². The molecule has 6 heteroatoms. The average Bonchev–Trinajstić information content (AvgIpc) is 2.46. The highest BCUT2D eigenvalue weighted by atomic mass is 79.9. The molecule has 0 aromatic heterocycles. The molecular weight excluding hydrogens is 421 g/mol. The number of aryl methyl sites for hydroxylation is 1. The zero-order valence-corrected chi connectivity index (χ0v) is 15.3. The van der Waals surface area contributed by atoms with Crippen LogP contribution in [0.25, 0.3) is 0 Å². The molecule has 2 aromatic carbocycles. The standard InChI is InChI=1S/C15H12Br2ClNO2/c1-8-3-4-9(5-12(8)18)19-7-10-14(17)11(16)6-13(21-2)15(10)20/h3-7,20H,1-2H3. The Labute approximate surface area is 144 Å². The van der Waals surface area contributed by atoms with Crippen molar-refractivity contribution in [3.63, 3.8) is 0 Å². The van der Waals surface area contributed by atoms with Crippen molar-refractivity contribution >= 4 is 55.4 Å². The predicted octanol–water partition coefficient (Wildman–Crippen LogP) is 5.64. The molecule has 0 amide bonds. The predicted molar refractivity (Wildman–Crippen MR) is 93.5 cm³/mol. The minimum Gasteiger partial charge on any atom is -0.504 e. The van der Waals surface area contributed by atoms with Gasteiger partial charge >= 0.3 is 0 Å². The Morgan fingerprint density at radius 2 is 2.00 bits per heavy atom. The van der Waals surface area contributed by atoms with Gasteiger partial charge in [-0.3, -0.25) is 4.99 Å². The molecule has 0 aliphatic heterocycles. The number of methoxy groups -OCH3 is 1. The Hall–Kier alpha value is -1.04. The number of aromatic hydroxyl groups is 1. The van der Waals surface area contributed by atoms with Crippen molar-refractivity contribution in [2.45, 2.75) is 6.92 Å². The van der Waals surface area contributed by atoms with E-state index in [0.717, 1.165) is 10.0 Å². The van der Waals surface area contributed by atoms with E-state index in [9.17, 15) is 5.11 Å². The van der Waals surface area contributed by atoms with Gasteiger partial charge in [-0.1, -0.05) is 17.7 Å². The second-order valence-electron chi connectivity index (χ2n) is 4.33. The molecule has 2 aromatic rings. The number of phenolic OH excluding ortho intramolecular Hbond substituents is 1. The molecule has 3 nitrogen and oxygen atoms in total. The normalized spacial score (nSPS) is 11.1. The van der Waals surface area contributed by atoms with Crippen LogP contribution in [0.4, 0.5) is 5.69 Å². The number of nitrogens with zero attached hydrogens (tertiary/aromatic N) is 1.